The summed E-state index contributed by atoms with van der Waals surface area (Å²) in [6.07, 6.45) is 7.63. The molecule has 0 fully saturated rings. The zero-order valence-corrected chi connectivity index (χ0v) is 9.42. The number of imidazole rings is 2. The van der Waals surface area contributed by atoms with Crippen LogP contribution in [0.15, 0.2) is 24.9 Å². The van der Waals surface area contributed by atoms with E-state index in [9.17, 15) is 4.79 Å². The van der Waals surface area contributed by atoms with Crippen molar-refractivity contribution in [2.45, 2.75) is 19.9 Å². The Bertz CT molecular complexity index is 498. The zero-order chi connectivity index (χ0) is 11.5. The Balaban J connectivity index is 2.34. The molecule has 2 aromatic heterocycles. The quantitative estimate of drug-likeness (QED) is 0.726. The standard InChI is InChI=1S/C11H14N4O/c1-3-5-15-6-4-13-11(15)10(16)9-7-12-8-14(9)2/h4,6-8H,3,5H2,1-2H3. The van der Waals surface area contributed by atoms with E-state index in [1.165, 1.54) is 0 Å². The second-order valence-corrected chi connectivity index (χ2v) is 3.66. The SMILES string of the molecule is CCCn1ccnc1C(=O)c1cncn1C. The van der Waals surface area contributed by atoms with Gasteiger partial charge in [0.15, 0.2) is 5.82 Å². The third-order valence-electron chi connectivity index (χ3n) is 2.43. The van der Waals surface area contributed by atoms with Gasteiger partial charge in [-0.3, -0.25) is 4.79 Å². The minimum atomic E-state index is -0.0848. The molecule has 2 aromatic rings. The van der Waals surface area contributed by atoms with Gasteiger partial charge >= 0.3 is 0 Å². The van der Waals surface area contributed by atoms with Gasteiger partial charge < -0.3 is 9.13 Å². The van der Waals surface area contributed by atoms with Crippen molar-refractivity contribution in [3.8, 4) is 0 Å². The van der Waals surface area contributed by atoms with Crippen molar-refractivity contribution in [3.05, 3.63) is 36.4 Å². The molecule has 0 aromatic carbocycles. The van der Waals surface area contributed by atoms with Gasteiger partial charge in [0, 0.05) is 26.0 Å². The fraction of sp³-hybridized carbons (Fsp3) is 0.364. The first kappa shape index (κ1) is 10.6. The van der Waals surface area contributed by atoms with E-state index in [0.29, 0.717) is 11.5 Å². The smallest absolute Gasteiger partial charge is 0.246 e. The normalized spacial score (nSPS) is 10.6. The summed E-state index contributed by atoms with van der Waals surface area (Å²) in [7, 11) is 1.80. The molecule has 0 N–H and O–H groups in total. The minimum Gasteiger partial charge on any atom is -0.331 e. The summed E-state index contributed by atoms with van der Waals surface area (Å²) in [5.41, 5.74) is 0.559. The molecule has 5 heteroatoms. The number of aromatic nitrogens is 4. The summed E-state index contributed by atoms with van der Waals surface area (Å²) in [5, 5.41) is 0. The van der Waals surface area contributed by atoms with Crippen molar-refractivity contribution < 1.29 is 4.79 Å². The molecule has 0 aliphatic heterocycles. The lowest BCUT2D eigenvalue weighted by Crippen LogP contribution is -2.14. The lowest BCUT2D eigenvalue weighted by Gasteiger charge is -2.05. The van der Waals surface area contributed by atoms with Crippen LogP contribution in [0.4, 0.5) is 0 Å². The van der Waals surface area contributed by atoms with E-state index >= 15 is 0 Å². The zero-order valence-electron chi connectivity index (χ0n) is 9.42. The highest BCUT2D eigenvalue weighted by Gasteiger charge is 2.17. The van der Waals surface area contributed by atoms with Crippen LogP contribution in [0.5, 0.6) is 0 Å². The van der Waals surface area contributed by atoms with Crippen LogP contribution < -0.4 is 0 Å². The van der Waals surface area contributed by atoms with Gasteiger partial charge in [-0.15, -0.1) is 0 Å². The molecule has 5 nitrogen and oxygen atoms in total. The number of aryl methyl sites for hydroxylation is 2. The molecule has 16 heavy (non-hydrogen) atoms. The summed E-state index contributed by atoms with van der Waals surface area (Å²) in [6, 6.07) is 0. The second kappa shape index (κ2) is 4.30. The predicted octanol–water partition coefficient (Wildman–Crippen LogP) is 1.26. The lowest BCUT2D eigenvalue weighted by atomic mass is 10.3. The maximum Gasteiger partial charge on any atom is 0.246 e. The summed E-state index contributed by atoms with van der Waals surface area (Å²) in [4.78, 5) is 20.2. The summed E-state index contributed by atoms with van der Waals surface area (Å²) in [6.45, 7) is 2.87. The van der Waals surface area contributed by atoms with Gasteiger partial charge in [-0.1, -0.05) is 6.92 Å². The summed E-state index contributed by atoms with van der Waals surface area (Å²) >= 11 is 0. The fourth-order valence-corrected chi connectivity index (χ4v) is 1.63. The van der Waals surface area contributed by atoms with Crippen molar-refractivity contribution in [2.75, 3.05) is 0 Å². The highest BCUT2D eigenvalue weighted by molar-refractivity contribution is 6.05. The van der Waals surface area contributed by atoms with Crippen LogP contribution in [-0.2, 0) is 13.6 Å². The minimum absolute atomic E-state index is 0.0848. The van der Waals surface area contributed by atoms with Gasteiger partial charge in [-0.25, -0.2) is 9.97 Å². The molecule has 0 bridgehead atoms. The van der Waals surface area contributed by atoms with Crippen molar-refractivity contribution in [2.24, 2.45) is 7.05 Å². The van der Waals surface area contributed by atoms with Crippen molar-refractivity contribution >= 4 is 5.78 Å². The van der Waals surface area contributed by atoms with Crippen LogP contribution in [0.3, 0.4) is 0 Å². The Morgan fingerprint density at radius 3 is 2.94 bits per heavy atom. The Hall–Kier alpha value is -1.91. The summed E-state index contributed by atoms with van der Waals surface area (Å²) < 4.78 is 3.57. The molecular weight excluding hydrogens is 204 g/mol. The molecule has 0 amide bonds. The Morgan fingerprint density at radius 1 is 1.50 bits per heavy atom. The van der Waals surface area contributed by atoms with Crippen LogP contribution in [0.2, 0.25) is 0 Å². The van der Waals surface area contributed by atoms with Crippen LogP contribution >= 0.6 is 0 Å². The molecule has 2 heterocycles. The average Bonchev–Trinajstić information content (AvgIpc) is 2.87. The Morgan fingerprint density at radius 2 is 2.31 bits per heavy atom. The number of carbonyl (C=O) groups excluding carboxylic acids is 1. The monoisotopic (exact) mass is 218 g/mol. The average molecular weight is 218 g/mol. The second-order valence-electron chi connectivity index (χ2n) is 3.66. The molecule has 0 atom stereocenters. The first-order valence-corrected chi connectivity index (χ1v) is 5.26. The number of hydrogen-bond donors (Lipinski definition) is 0. The van der Waals surface area contributed by atoms with E-state index in [4.69, 9.17) is 0 Å². The van der Waals surface area contributed by atoms with E-state index in [0.717, 1.165) is 13.0 Å². The number of rotatable bonds is 4. The predicted molar refractivity (Wildman–Crippen MR) is 59.2 cm³/mol. The molecule has 0 radical (unpaired) electrons. The van der Waals surface area contributed by atoms with Crippen molar-refractivity contribution in [1.82, 2.24) is 19.1 Å². The number of nitrogens with zero attached hydrogens (tertiary/aromatic N) is 4. The van der Waals surface area contributed by atoms with Gasteiger partial charge in [0.1, 0.15) is 5.69 Å². The molecule has 2 rings (SSSR count). The number of hydrogen-bond acceptors (Lipinski definition) is 3. The molecule has 0 spiro atoms. The van der Waals surface area contributed by atoms with Gasteiger partial charge in [-0.05, 0) is 6.42 Å². The van der Waals surface area contributed by atoms with E-state index in [2.05, 4.69) is 16.9 Å². The maximum atomic E-state index is 12.1. The van der Waals surface area contributed by atoms with Crippen LogP contribution in [0.1, 0.15) is 29.7 Å². The first-order chi connectivity index (χ1) is 7.74. The van der Waals surface area contributed by atoms with Gasteiger partial charge in [0.25, 0.3) is 0 Å². The maximum absolute atomic E-state index is 12.1. The summed E-state index contributed by atoms with van der Waals surface area (Å²) in [5.74, 6) is 0.393. The fourth-order valence-electron chi connectivity index (χ4n) is 1.63. The lowest BCUT2D eigenvalue weighted by molar-refractivity contribution is 0.101. The molecule has 0 saturated carbocycles. The Kier molecular flexibility index (Phi) is 2.85. The highest BCUT2D eigenvalue weighted by atomic mass is 16.1. The van der Waals surface area contributed by atoms with Crippen LogP contribution in [0, 0.1) is 0 Å². The third-order valence-corrected chi connectivity index (χ3v) is 2.43. The first-order valence-electron chi connectivity index (χ1n) is 5.26. The highest BCUT2D eigenvalue weighted by Crippen LogP contribution is 2.07. The molecule has 0 saturated heterocycles. The molecule has 0 unspecified atom stereocenters. The van der Waals surface area contributed by atoms with Gasteiger partial charge in [0.05, 0.1) is 12.5 Å². The molecule has 0 aliphatic carbocycles. The van der Waals surface area contributed by atoms with Crippen molar-refractivity contribution in [1.29, 1.82) is 0 Å². The van der Waals surface area contributed by atoms with Crippen molar-refractivity contribution in [3.63, 3.8) is 0 Å². The molecule has 84 valence electrons. The largest absolute Gasteiger partial charge is 0.331 e. The van der Waals surface area contributed by atoms with Gasteiger partial charge in [-0.2, -0.15) is 0 Å². The molecule has 0 aliphatic rings. The topological polar surface area (TPSA) is 52.7 Å². The van der Waals surface area contributed by atoms with E-state index in [-0.39, 0.29) is 5.78 Å². The van der Waals surface area contributed by atoms with E-state index in [1.807, 2.05) is 10.8 Å². The van der Waals surface area contributed by atoms with Crippen LogP contribution in [-0.4, -0.2) is 24.9 Å². The number of carbonyl (C=O) groups is 1. The molecular formula is C11H14N4O. The van der Waals surface area contributed by atoms with E-state index < -0.39 is 0 Å². The van der Waals surface area contributed by atoms with Gasteiger partial charge in [0.2, 0.25) is 5.78 Å². The van der Waals surface area contributed by atoms with Crippen LogP contribution in [0.25, 0.3) is 0 Å². The van der Waals surface area contributed by atoms with E-state index in [1.54, 1.807) is 30.3 Å². The number of ketones is 1. The third kappa shape index (κ3) is 1.76. The Labute approximate surface area is 93.8 Å².